The Bertz CT molecular complexity index is 1390. The number of amides is 3. The first-order valence-electron chi connectivity index (χ1n) is 11.1. The highest BCUT2D eigenvalue weighted by molar-refractivity contribution is 8.08. The monoisotopic (exact) mass is 670 g/mol. The lowest BCUT2D eigenvalue weighted by Gasteiger charge is -2.49. The summed E-state index contributed by atoms with van der Waals surface area (Å²) in [6, 6.07) is -1.07. The van der Waals surface area contributed by atoms with Crippen LogP contribution in [0.15, 0.2) is 32.6 Å². The largest absolute Gasteiger partial charge is 0.490 e. The molecule has 43 heavy (non-hydrogen) atoms. The van der Waals surface area contributed by atoms with Crippen molar-refractivity contribution < 1.29 is 62.1 Å². The summed E-state index contributed by atoms with van der Waals surface area (Å²) in [5, 5.41) is 33.9. The number of halogens is 3. The zero-order valence-electron chi connectivity index (χ0n) is 21.7. The number of alkyl halides is 3. The summed E-state index contributed by atoms with van der Waals surface area (Å²) in [6.45, 7) is -0.813. The summed E-state index contributed by atoms with van der Waals surface area (Å²) in [5.74, 6) is -7.00. The molecule has 0 aromatic carbocycles. The Morgan fingerprint density at radius 1 is 1.28 bits per heavy atom. The number of hydrogen-bond donors (Lipinski definition) is 5. The second-order valence-electron chi connectivity index (χ2n) is 8.07. The third-order valence-electron chi connectivity index (χ3n) is 4.85. The highest BCUT2D eigenvalue weighted by Gasteiger charge is 2.54. The van der Waals surface area contributed by atoms with E-state index < -0.39 is 59.6 Å². The molecule has 16 nitrogen and oxygen atoms in total. The van der Waals surface area contributed by atoms with Gasteiger partial charge in [-0.05, 0) is 5.41 Å². The fourth-order valence-electron chi connectivity index (χ4n) is 2.97. The third-order valence-corrected chi connectivity index (χ3v) is 7.88. The number of carbonyl (C=O) groups is 6. The van der Waals surface area contributed by atoms with Gasteiger partial charge in [0, 0.05) is 36.2 Å². The molecule has 0 aliphatic carbocycles. The molecule has 2 aliphatic heterocycles. The molecule has 0 saturated carbocycles. The number of rotatable bonds is 10. The van der Waals surface area contributed by atoms with Crippen molar-refractivity contribution in [2.45, 2.75) is 17.6 Å². The quantitative estimate of drug-likeness (QED) is 0.0967. The van der Waals surface area contributed by atoms with Gasteiger partial charge in [-0.25, -0.2) is 19.4 Å². The molecule has 3 amide bonds. The van der Waals surface area contributed by atoms with E-state index in [9.17, 15) is 42.3 Å². The van der Waals surface area contributed by atoms with Crippen molar-refractivity contribution in [1.82, 2.24) is 20.1 Å². The zero-order chi connectivity index (χ0) is 32.6. The van der Waals surface area contributed by atoms with Crippen molar-refractivity contribution in [2.24, 2.45) is 5.16 Å². The summed E-state index contributed by atoms with van der Waals surface area (Å²) in [5.41, 5.74) is 4.99. The number of aromatic nitrogens is 1. The molecule has 2 aliphatic rings. The maximum Gasteiger partial charge on any atom is 0.490 e. The number of likely N-dealkylation sites (N-methyl/N-ethyl adjacent to an activating group) is 1. The molecule has 0 unspecified atom stereocenters. The first-order chi connectivity index (χ1) is 19.9. The van der Waals surface area contributed by atoms with E-state index in [-0.39, 0.29) is 28.2 Å². The van der Waals surface area contributed by atoms with Crippen LogP contribution in [0.3, 0.4) is 0 Å². The molecule has 22 heteroatoms. The van der Waals surface area contributed by atoms with Crippen molar-refractivity contribution in [3.05, 3.63) is 33.2 Å². The number of thiazole rings is 1. The molecule has 0 radical (unpaired) electrons. The van der Waals surface area contributed by atoms with Crippen LogP contribution < -0.4 is 11.1 Å². The van der Waals surface area contributed by atoms with Crippen LogP contribution in [-0.2, 0) is 33.6 Å². The summed E-state index contributed by atoms with van der Waals surface area (Å²) >= 11 is 3.26. The number of hydrogen-bond acceptors (Lipinski definition) is 13. The number of nitrogens with two attached hydrogens (primary N) is 1. The lowest BCUT2D eigenvalue weighted by molar-refractivity contribution is -0.192. The lowest BCUT2D eigenvalue weighted by Crippen LogP contribution is -2.71. The fourth-order valence-corrected chi connectivity index (χ4v) is 5.83. The standard InChI is InChI=1S/C19H20N6O8S3.C2HF3O2/c1-24(2)10(26)3-4-34-9-7-35-17-13(16(30)25(17)14(9)18(31)32)22-15(29)12(23-33-5-11(27)28)8-6-36-19(20)21-8;3-2(4,5)1(6)7/h3-4,6,13,17H,5,7H2,1-2H3,(H2,20,21)(H,22,29)(H,27,28)(H,31,32);(H,6,7)/b4-3-,23-12-;/t13-,17+;/m1./s1. The third kappa shape index (κ3) is 9.34. The Labute approximate surface area is 251 Å². The fraction of sp³-hybridized carbons (Fsp3) is 0.333. The minimum atomic E-state index is -5.08. The number of carboxylic acid groups (broad SMARTS) is 3. The van der Waals surface area contributed by atoms with Gasteiger partial charge in [0.2, 0.25) is 12.5 Å². The van der Waals surface area contributed by atoms with Crippen LogP contribution in [0.2, 0.25) is 0 Å². The van der Waals surface area contributed by atoms with Crippen LogP contribution in [-0.4, -0.2) is 115 Å². The number of anilines is 1. The molecule has 3 heterocycles. The molecule has 1 fully saturated rings. The van der Waals surface area contributed by atoms with Crippen molar-refractivity contribution in [3.8, 4) is 0 Å². The first-order valence-corrected chi connectivity index (χ1v) is 14.0. The summed E-state index contributed by atoms with van der Waals surface area (Å²) < 4.78 is 31.7. The van der Waals surface area contributed by atoms with Crippen molar-refractivity contribution in [3.63, 3.8) is 0 Å². The van der Waals surface area contributed by atoms with Gasteiger partial charge in [-0.3, -0.25) is 19.3 Å². The average Bonchev–Trinajstić information content (AvgIpc) is 3.34. The molecular formula is C21H21F3N6O10S3. The van der Waals surface area contributed by atoms with Crippen molar-refractivity contribution in [1.29, 1.82) is 0 Å². The number of nitrogens with zero attached hydrogens (tertiary/aromatic N) is 4. The van der Waals surface area contributed by atoms with Gasteiger partial charge >= 0.3 is 24.1 Å². The van der Waals surface area contributed by atoms with E-state index in [2.05, 4.69) is 20.3 Å². The van der Waals surface area contributed by atoms with Gasteiger partial charge in [0.15, 0.2) is 10.8 Å². The van der Waals surface area contributed by atoms with Crippen LogP contribution in [0.25, 0.3) is 0 Å². The number of carbonyl (C=O) groups excluding carboxylic acids is 3. The molecule has 234 valence electrons. The molecule has 1 aromatic heterocycles. The molecule has 0 spiro atoms. The van der Waals surface area contributed by atoms with Crippen molar-refractivity contribution in [2.75, 3.05) is 32.2 Å². The molecule has 2 atom stereocenters. The maximum absolute atomic E-state index is 12.9. The number of nitrogen functional groups attached to an aromatic ring is 1. The smallest absolute Gasteiger partial charge is 0.479 e. The molecule has 0 bridgehead atoms. The van der Waals surface area contributed by atoms with Gasteiger partial charge in [0.25, 0.3) is 11.8 Å². The van der Waals surface area contributed by atoms with Crippen LogP contribution in [0, 0.1) is 0 Å². The predicted octanol–water partition coefficient (Wildman–Crippen LogP) is 0.195. The maximum atomic E-state index is 12.9. The molecule has 6 N–H and O–H groups in total. The Morgan fingerprint density at radius 3 is 2.40 bits per heavy atom. The van der Waals surface area contributed by atoms with E-state index in [0.717, 1.165) is 28.0 Å². The summed E-state index contributed by atoms with van der Waals surface area (Å²) in [4.78, 5) is 80.4. The zero-order valence-corrected chi connectivity index (χ0v) is 24.2. The van der Waals surface area contributed by atoms with E-state index in [1.807, 2.05) is 0 Å². The number of nitrogens with one attached hydrogen (secondary N) is 1. The highest BCUT2D eigenvalue weighted by Crippen LogP contribution is 2.43. The van der Waals surface area contributed by atoms with Gasteiger partial charge in [0.05, 0.1) is 0 Å². The van der Waals surface area contributed by atoms with E-state index in [0.29, 0.717) is 4.91 Å². The topological polar surface area (TPSA) is 242 Å². The van der Waals surface area contributed by atoms with E-state index in [1.165, 1.54) is 33.5 Å². The summed E-state index contributed by atoms with van der Waals surface area (Å²) in [7, 11) is 3.15. The van der Waals surface area contributed by atoms with Gasteiger partial charge in [0.1, 0.15) is 22.8 Å². The molecule has 1 aromatic rings. The Morgan fingerprint density at radius 2 is 1.91 bits per heavy atom. The minimum absolute atomic E-state index is 0.0178. The van der Waals surface area contributed by atoms with Crippen LogP contribution in [0.4, 0.5) is 18.3 Å². The Kier molecular flexibility index (Phi) is 12.0. The van der Waals surface area contributed by atoms with E-state index >= 15 is 0 Å². The SMILES string of the molecule is CN(C)C(=O)/C=C\SC1=C(C(=O)O)N2C(=O)[C@@H](NC(=O)/C(=N\OCC(=O)O)c3csc(N)n3)[C@@H]2SC1.O=C(O)C(F)(F)F. The number of oxime groups is 1. The summed E-state index contributed by atoms with van der Waals surface area (Å²) in [6.07, 6.45) is -3.80. The Balaban J connectivity index is 0.000000821. The van der Waals surface area contributed by atoms with Crippen LogP contribution >= 0.6 is 34.9 Å². The molecule has 3 rings (SSSR count). The van der Waals surface area contributed by atoms with Gasteiger partial charge < -0.3 is 36.1 Å². The first kappa shape index (κ1) is 34.9. The van der Waals surface area contributed by atoms with Crippen molar-refractivity contribution >= 4 is 81.3 Å². The number of fused-ring (bicyclic) bond motifs is 1. The van der Waals surface area contributed by atoms with Crippen LogP contribution in [0.1, 0.15) is 5.69 Å². The Hall–Kier alpha value is -4.31. The molecular weight excluding hydrogens is 649 g/mol. The van der Waals surface area contributed by atoms with E-state index in [1.54, 1.807) is 14.1 Å². The highest BCUT2D eigenvalue weighted by atomic mass is 32.2. The van der Waals surface area contributed by atoms with Gasteiger partial charge in [-0.2, -0.15) is 13.2 Å². The van der Waals surface area contributed by atoms with E-state index in [4.69, 9.17) is 20.7 Å². The minimum Gasteiger partial charge on any atom is -0.479 e. The number of aliphatic carboxylic acids is 3. The second kappa shape index (κ2) is 14.7. The predicted molar refractivity (Wildman–Crippen MR) is 145 cm³/mol. The average molecular weight is 671 g/mol. The second-order valence-corrected chi connectivity index (χ2v) is 11.1. The number of carboxylic acids is 3. The van der Waals surface area contributed by atoms with Gasteiger partial charge in [-0.1, -0.05) is 16.9 Å². The van der Waals surface area contributed by atoms with Gasteiger partial charge in [-0.15, -0.1) is 23.1 Å². The van der Waals surface area contributed by atoms with Crippen LogP contribution in [0.5, 0.6) is 0 Å². The number of β-lactam (4-membered cyclic amide) rings is 1. The lowest BCUT2D eigenvalue weighted by atomic mass is 10.0. The number of thioether (sulfide) groups is 2. The molecule has 1 saturated heterocycles. The normalized spacial score (nSPS) is 18.2.